The summed E-state index contributed by atoms with van der Waals surface area (Å²) in [5, 5.41) is 6.11. The summed E-state index contributed by atoms with van der Waals surface area (Å²) in [6, 6.07) is 4.85. The van der Waals surface area contributed by atoms with Crippen molar-refractivity contribution in [2.75, 3.05) is 21.9 Å². The van der Waals surface area contributed by atoms with Gasteiger partial charge in [-0.2, -0.15) is 0 Å². The predicted octanol–water partition coefficient (Wildman–Crippen LogP) is 3.33. The maximum Gasteiger partial charge on any atom is 0.319 e. The summed E-state index contributed by atoms with van der Waals surface area (Å²) < 4.78 is 25.5. The average molecular weight is 372 g/mol. The highest BCUT2D eigenvalue weighted by Gasteiger charge is 2.30. The first-order valence-corrected chi connectivity index (χ1v) is 10.3. The number of nitrogens with zero attached hydrogens (tertiary/aromatic N) is 1. The third-order valence-corrected chi connectivity index (χ3v) is 6.69. The number of urea groups is 1. The number of sulfonamides is 1. The molecule has 0 atom stereocenters. The van der Waals surface area contributed by atoms with Crippen molar-refractivity contribution >= 4 is 39.0 Å². The van der Waals surface area contributed by atoms with Gasteiger partial charge in [-0.15, -0.1) is 0 Å². The highest BCUT2D eigenvalue weighted by molar-refractivity contribution is 7.93. The Balaban J connectivity index is 1.70. The maximum absolute atomic E-state index is 12.1. The highest BCUT2D eigenvalue weighted by atomic mass is 35.5. The fraction of sp³-hybridized carbons (Fsp3) is 0.562. The van der Waals surface area contributed by atoms with Gasteiger partial charge in [0, 0.05) is 18.3 Å². The zero-order valence-electron chi connectivity index (χ0n) is 13.4. The molecule has 0 unspecified atom stereocenters. The minimum Gasteiger partial charge on any atom is -0.335 e. The molecule has 0 radical (unpaired) electrons. The Morgan fingerprint density at radius 3 is 2.58 bits per heavy atom. The Morgan fingerprint density at radius 2 is 1.92 bits per heavy atom. The molecule has 1 heterocycles. The molecule has 132 valence electrons. The van der Waals surface area contributed by atoms with Crippen LogP contribution < -0.4 is 14.9 Å². The van der Waals surface area contributed by atoms with Gasteiger partial charge in [-0.05, 0) is 37.5 Å². The van der Waals surface area contributed by atoms with E-state index in [0.29, 0.717) is 29.4 Å². The Labute approximate surface area is 147 Å². The summed E-state index contributed by atoms with van der Waals surface area (Å²) >= 11 is 6.16. The van der Waals surface area contributed by atoms with Crippen molar-refractivity contribution in [1.82, 2.24) is 5.32 Å². The predicted molar refractivity (Wildman–Crippen MR) is 96.2 cm³/mol. The van der Waals surface area contributed by atoms with E-state index in [1.165, 1.54) is 10.7 Å². The van der Waals surface area contributed by atoms with E-state index in [1.807, 2.05) is 0 Å². The van der Waals surface area contributed by atoms with Crippen LogP contribution in [0, 0.1) is 0 Å². The van der Waals surface area contributed by atoms with Crippen LogP contribution in [0.3, 0.4) is 0 Å². The lowest BCUT2D eigenvalue weighted by atomic mass is 9.96. The number of nitrogens with one attached hydrogen (secondary N) is 2. The summed E-state index contributed by atoms with van der Waals surface area (Å²) in [7, 11) is -3.31. The summed E-state index contributed by atoms with van der Waals surface area (Å²) in [5.41, 5.74) is 0.953. The van der Waals surface area contributed by atoms with E-state index in [0.717, 1.165) is 25.7 Å². The van der Waals surface area contributed by atoms with E-state index in [-0.39, 0.29) is 17.8 Å². The van der Waals surface area contributed by atoms with Gasteiger partial charge in [-0.3, -0.25) is 4.31 Å². The molecule has 1 aromatic rings. The van der Waals surface area contributed by atoms with Crippen LogP contribution in [0.15, 0.2) is 18.2 Å². The molecule has 6 nitrogen and oxygen atoms in total. The monoisotopic (exact) mass is 371 g/mol. The number of halogens is 1. The van der Waals surface area contributed by atoms with Gasteiger partial charge in [-0.25, -0.2) is 13.2 Å². The topological polar surface area (TPSA) is 78.5 Å². The van der Waals surface area contributed by atoms with E-state index < -0.39 is 10.0 Å². The smallest absolute Gasteiger partial charge is 0.319 e. The molecule has 0 bridgehead atoms. The summed E-state index contributed by atoms with van der Waals surface area (Å²) in [6.45, 7) is 0.416. The Kier molecular flexibility index (Phi) is 5.20. The SMILES string of the molecule is O=C(Nc1ccc(Cl)c(N2CCCS2(=O)=O)c1)NC1CCCCC1. The normalized spacial score (nSPS) is 20.8. The number of rotatable bonds is 3. The molecule has 2 fully saturated rings. The summed E-state index contributed by atoms with van der Waals surface area (Å²) in [5.74, 6) is 0.128. The maximum atomic E-state index is 12.1. The molecule has 1 aromatic carbocycles. The van der Waals surface area contributed by atoms with Crippen molar-refractivity contribution < 1.29 is 13.2 Å². The quantitative estimate of drug-likeness (QED) is 0.855. The van der Waals surface area contributed by atoms with Gasteiger partial charge in [0.25, 0.3) is 0 Å². The molecule has 8 heteroatoms. The molecule has 3 rings (SSSR count). The molecular formula is C16H22ClN3O3S. The van der Waals surface area contributed by atoms with Gasteiger partial charge in [0.15, 0.2) is 0 Å². The molecule has 24 heavy (non-hydrogen) atoms. The molecule has 2 N–H and O–H groups in total. The molecule has 1 aliphatic heterocycles. The van der Waals surface area contributed by atoms with Crippen molar-refractivity contribution in [3.8, 4) is 0 Å². The number of amides is 2. The molecule has 2 aliphatic rings. The zero-order valence-corrected chi connectivity index (χ0v) is 15.0. The highest BCUT2D eigenvalue weighted by Crippen LogP contribution is 2.33. The lowest BCUT2D eigenvalue weighted by molar-refractivity contribution is 0.244. The van der Waals surface area contributed by atoms with Gasteiger partial charge in [0.2, 0.25) is 10.0 Å². The van der Waals surface area contributed by atoms with Crippen LogP contribution in [-0.2, 0) is 10.0 Å². The number of carbonyl (C=O) groups is 1. The van der Waals surface area contributed by atoms with Crippen molar-refractivity contribution in [3.05, 3.63) is 23.2 Å². The van der Waals surface area contributed by atoms with Crippen molar-refractivity contribution in [2.24, 2.45) is 0 Å². The fourth-order valence-electron chi connectivity index (χ4n) is 3.29. The van der Waals surface area contributed by atoms with Crippen LogP contribution in [0.4, 0.5) is 16.2 Å². The zero-order chi connectivity index (χ0) is 17.2. The first-order chi connectivity index (χ1) is 11.5. The van der Waals surface area contributed by atoms with E-state index in [9.17, 15) is 13.2 Å². The second-order valence-corrected chi connectivity index (χ2v) is 8.76. The van der Waals surface area contributed by atoms with Crippen LogP contribution in [-0.4, -0.2) is 32.8 Å². The molecule has 1 aliphatic carbocycles. The van der Waals surface area contributed by atoms with Crippen LogP contribution in [0.2, 0.25) is 5.02 Å². The van der Waals surface area contributed by atoms with Crippen LogP contribution in [0.5, 0.6) is 0 Å². The molecule has 1 saturated heterocycles. The minimum absolute atomic E-state index is 0.128. The summed E-state index contributed by atoms with van der Waals surface area (Å²) in [4.78, 5) is 12.1. The van der Waals surface area contributed by atoms with Gasteiger partial charge < -0.3 is 10.6 Å². The van der Waals surface area contributed by atoms with E-state index >= 15 is 0 Å². The first-order valence-electron chi connectivity index (χ1n) is 8.33. The second-order valence-electron chi connectivity index (χ2n) is 6.34. The molecule has 1 saturated carbocycles. The van der Waals surface area contributed by atoms with Crippen LogP contribution in [0.1, 0.15) is 38.5 Å². The minimum atomic E-state index is -3.31. The van der Waals surface area contributed by atoms with Crippen molar-refractivity contribution in [1.29, 1.82) is 0 Å². The van der Waals surface area contributed by atoms with Crippen molar-refractivity contribution in [3.63, 3.8) is 0 Å². The number of hydrogen-bond donors (Lipinski definition) is 2. The van der Waals surface area contributed by atoms with E-state index in [1.54, 1.807) is 18.2 Å². The van der Waals surface area contributed by atoms with Gasteiger partial charge in [0.1, 0.15) is 0 Å². The lowest BCUT2D eigenvalue weighted by Crippen LogP contribution is -2.39. The molecule has 0 spiro atoms. The largest absolute Gasteiger partial charge is 0.335 e. The van der Waals surface area contributed by atoms with E-state index in [4.69, 9.17) is 11.6 Å². The first kappa shape index (κ1) is 17.4. The van der Waals surface area contributed by atoms with Crippen molar-refractivity contribution in [2.45, 2.75) is 44.6 Å². The number of carbonyl (C=O) groups excluding carboxylic acids is 1. The fourth-order valence-corrected chi connectivity index (χ4v) is 5.13. The van der Waals surface area contributed by atoms with E-state index in [2.05, 4.69) is 10.6 Å². The number of hydrogen-bond acceptors (Lipinski definition) is 3. The molecule has 0 aromatic heterocycles. The van der Waals surface area contributed by atoms with Crippen LogP contribution >= 0.6 is 11.6 Å². The molecular weight excluding hydrogens is 350 g/mol. The average Bonchev–Trinajstić information content (AvgIpc) is 2.89. The third kappa shape index (κ3) is 3.95. The molecule has 2 amide bonds. The number of anilines is 2. The summed E-state index contributed by atoms with van der Waals surface area (Å²) in [6.07, 6.45) is 6.10. The third-order valence-electron chi connectivity index (χ3n) is 4.51. The Hall–Kier alpha value is -1.47. The van der Waals surface area contributed by atoms with Gasteiger partial charge in [-0.1, -0.05) is 30.9 Å². The van der Waals surface area contributed by atoms with Gasteiger partial charge in [0.05, 0.1) is 16.5 Å². The van der Waals surface area contributed by atoms with Crippen LogP contribution in [0.25, 0.3) is 0 Å². The lowest BCUT2D eigenvalue weighted by Gasteiger charge is -2.23. The van der Waals surface area contributed by atoms with Gasteiger partial charge >= 0.3 is 6.03 Å². The number of benzene rings is 1. The second kappa shape index (κ2) is 7.19. The standard InChI is InChI=1S/C16H22ClN3O3S/c17-14-8-7-13(11-15(14)20-9-4-10-24(20,22)23)19-16(21)18-12-5-2-1-3-6-12/h7-8,11-12H,1-6,9-10H2,(H2,18,19,21). The Morgan fingerprint density at radius 1 is 1.17 bits per heavy atom. The Bertz CT molecular complexity index is 717.